The number of nitrogens with zero attached hydrogens (tertiary/aromatic N) is 1. The Bertz CT molecular complexity index is 957. The lowest BCUT2D eigenvalue weighted by atomic mass is 10.2. The predicted molar refractivity (Wildman–Crippen MR) is 106 cm³/mol. The lowest BCUT2D eigenvalue weighted by molar-refractivity contribution is 0.0600. The van der Waals surface area contributed by atoms with Crippen molar-refractivity contribution in [3.8, 4) is 5.75 Å². The van der Waals surface area contributed by atoms with Gasteiger partial charge in [0.1, 0.15) is 12.4 Å². The molecule has 1 heterocycles. The van der Waals surface area contributed by atoms with Gasteiger partial charge < -0.3 is 14.2 Å². The summed E-state index contributed by atoms with van der Waals surface area (Å²) in [5, 5.41) is 0. The molecule has 0 spiro atoms. The molecule has 7 nitrogen and oxygen atoms in total. The molecule has 1 saturated heterocycles. The number of benzene rings is 2. The standard InChI is InChI=1S/C19H20BrNO6S/c1-25-19(22)15-5-6-18(17(20)12-15)27-13-14-3-2-4-16(11-14)28(23,24)21-7-9-26-10-8-21/h2-6,11-12H,7-10,13H2,1H3. The topological polar surface area (TPSA) is 82.1 Å². The Hall–Kier alpha value is -1.94. The van der Waals surface area contributed by atoms with Crippen molar-refractivity contribution in [1.29, 1.82) is 0 Å². The molecule has 0 unspecified atom stereocenters. The number of ether oxygens (including phenoxy) is 3. The minimum absolute atomic E-state index is 0.183. The quantitative estimate of drug-likeness (QED) is 0.604. The third-order valence-electron chi connectivity index (χ3n) is 4.25. The van der Waals surface area contributed by atoms with Crippen LogP contribution in [0.15, 0.2) is 51.8 Å². The molecule has 0 saturated carbocycles. The Morgan fingerprint density at radius 3 is 2.61 bits per heavy atom. The highest BCUT2D eigenvalue weighted by atomic mass is 79.9. The van der Waals surface area contributed by atoms with Crippen LogP contribution in [0.4, 0.5) is 0 Å². The van der Waals surface area contributed by atoms with Gasteiger partial charge in [0.2, 0.25) is 10.0 Å². The number of halogens is 1. The van der Waals surface area contributed by atoms with Gasteiger partial charge in [0, 0.05) is 13.1 Å². The molecule has 0 radical (unpaired) electrons. The van der Waals surface area contributed by atoms with Crippen LogP contribution in [0.1, 0.15) is 15.9 Å². The Balaban J connectivity index is 1.72. The first-order chi connectivity index (χ1) is 13.4. The molecule has 150 valence electrons. The van der Waals surface area contributed by atoms with Crippen molar-refractivity contribution in [1.82, 2.24) is 4.31 Å². The summed E-state index contributed by atoms with van der Waals surface area (Å²) in [6, 6.07) is 11.6. The van der Waals surface area contributed by atoms with Crippen LogP contribution in [0.5, 0.6) is 5.75 Å². The van der Waals surface area contributed by atoms with Crippen LogP contribution in [-0.2, 0) is 26.1 Å². The lowest BCUT2D eigenvalue weighted by Gasteiger charge is -2.26. The molecule has 28 heavy (non-hydrogen) atoms. The maximum atomic E-state index is 12.8. The van der Waals surface area contributed by atoms with E-state index in [2.05, 4.69) is 20.7 Å². The van der Waals surface area contributed by atoms with Crippen molar-refractivity contribution < 1.29 is 27.4 Å². The first-order valence-corrected chi connectivity index (χ1v) is 10.8. The van der Waals surface area contributed by atoms with Gasteiger partial charge >= 0.3 is 5.97 Å². The first kappa shape index (κ1) is 20.8. The Morgan fingerprint density at radius 1 is 1.18 bits per heavy atom. The van der Waals surface area contributed by atoms with Crippen molar-refractivity contribution in [3.05, 3.63) is 58.1 Å². The van der Waals surface area contributed by atoms with Crippen LogP contribution in [0.3, 0.4) is 0 Å². The fraction of sp³-hybridized carbons (Fsp3) is 0.316. The molecule has 1 aliphatic heterocycles. The van der Waals surface area contributed by atoms with E-state index in [0.29, 0.717) is 42.1 Å². The van der Waals surface area contributed by atoms with Gasteiger partial charge in [0.15, 0.2) is 0 Å². The molecule has 1 aliphatic rings. The van der Waals surface area contributed by atoms with Crippen LogP contribution in [0, 0.1) is 0 Å². The highest BCUT2D eigenvalue weighted by Gasteiger charge is 2.26. The smallest absolute Gasteiger partial charge is 0.337 e. The summed E-state index contributed by atoms with van der Waals surface area (Å²) in [6.45, 7) is 1.68. The van der Waals surface area contributed by atoms with Gasteiger partial charge in [-0.25, -0.2) is 13.2 Å². The molecule has 0 N–H and O–H groups in total. The van der Waals surface area contributed by atoms with E-state index < -0.39 is 16.0 Å². The average molecular weight is 470 g/mol. The molecule has 0 bridgehead atoms. The van der Waals surface area contributed by atoms with E-state index in [1.165, 1.54) is 11.4 Å². The number of hydrogen-bond donors (Lipinski definition) is 0. The van der Waals surface area contributed by atoms with Gasteiger partial charge in [-0.1, -0.05) is 12.1 Å². The maximum Gasteiger partial charge on any atom is 0.337 e. The summed E-state index contributed by atoms with van der Waals surface area (Å²) in [7, 11) is -2.24. The maximum absolute atomic E-state index is 12.8. The summed E-state index contributed by atoms with van der Waals surface area (Å²) < 4.78 is 43.3. The molecular weight excluding hydrogens is 450 g/mol. The largest absolute Gasteiger partial charge is 0.488 e. The van der Waals surface area contributed by atoms with Crippen LogP contribution >= 0.6 is 15.9 Å². The van der Waals surface area contributed by atoms with Gasteiger partial charge in [0.05, 0.1) is 35.3 Å². The molecular formula is C19H20BrNO6S. The second-order valence-electron chi connectivity index (χ2n) is 6.09. The van der Waals surface area contributed by atoms with Crippen molar-refractivity contribution >= 4 is 31.9 Å². The third kappa shape index (κ3) is 4.72. The van der Waals surface area contributed by atoms with Crippen LogP contribution in [0.2, 0.25) is 0 Å². The Kier molecular flexibility index (Phi) is 6.71. The highest BCUT2D eigenvalue weighted by molar-refractivity contribution is 9.10. The minimum Gasteiger partial charge on any atom is -0.488 e. The number of methoxy groups -OCH3 is 1. The second kappa shape index (κ2) is 9.04. The van der Waals surface area contributed by atoms with Gasteiger partial charge in [-0.15, -0.1) is 0 Å². The molecule has 9 heteroatoms. The number of carbonyl (C=O) groups is 1. The summed E-state index contributed by atoms with van der Waals surface area (Å²) in [5.41, 5.74) is 1.12. The molecule has 2 aromatic rings. The number of rotatable bonds is 6. The summed E-state index contributed by atoms with van der Waals surface area (Å²) in [4.78, 5) is 11.8. The van der Waals surface area contributed by atoms with E-state index in [9.17, 15) is 13.2 Å². The van der Waals surface area contributed by atoms with E-state index in [1.807, 2.05) is 0 Å². The lowest BCUT2D eigenvalue weighted by Crippen LogP contribution is -2.40. The fourth-order valence-electron chi connectivity index (χ4n) is 2.76. The number of hydrogen-bond acceptors (Lipinski definition) is 6. The van der Waals surface area contributed by atoms with Crippen LogP contribution in [0.25, 0.3) is 0 Å². The third-order valence-corrected chi connectivity index (χ3v) is 6.77. The van der Waals surface area contributed by atoms with E-state index >= 15 is 0 Å². The normalized spacial score (nSPS) is 15.2. The molecule has 0 aromatic heterocycles. The van der Waals surface area contributed by atoms with Gasteiger partial charge in [-0.05, 0) is 51.8 Å². The molecule has 0 aliphatic carbocycles. The first-order valence-electron chi connectivity index (χ1n) is 8.59. The Labute approximate surface area is 172 Å². The zero-order chi connectivity index (χ0) is 20.1. The van der Waals surface area contributed by atoms with E-state index in [0.717, 1.165) is 5.56 Å². The van der Waals surface area contributed by atoms with Crippen LogP contribution in [-0.4, -0.2) is 52.1 Å². The number of esters is 1. The Morgan fingerprint density at radius 2 is 1.93 bits per heavy atom. The molecule has 2 aromatic carbocycles. The summed E-state index contributed by atoms with van der Waals surface area (Å²) >= 11 is 3.37. The van der Waals surface area contributed by atoms with Crippen molar-refractivity contribution in [2.75, 3.05) is 33.4 Å². The zero-order valence-electron chi connectivity index (χ0n) is 15.3. The van der Waals surface area contributed by atoms with Crippen LogP contribution < -0.4 is 4.74 Å². The summed E-state index contributed by atoms with van der Waals surface area (Å²) in [6.07, 6.45) is 0. The molecule has 0 atom stereocenters. The van der Waals surface area contributed by atoms with Crippen molar-refractivity contribution in [2.24, 2.45) is 0 Å². The minimum atomic E-state index is -3.56. The van der Waals surface area contributed by atoms with Crippen molar-refractivity contribution in [3.63, 3.8) is 0 Å². The second-order valence-corrected chi connectivity index (χ2v) is 8.88. The monoisotopic (exact) mass is 469 g/mol. The number of morpholine rings is 1. The fourth-order valence-corrected chi connectivity index (χ4v) is 4.73. The zero-order valence-corrected chi connectivity index (χ0v) is 17.7. The van der Waals surface area contributed by atoms with Gasteiger partial charge in [0.25, 0.3) is 0 Å². The summed E-state index contributed by atoms with van der Waals surface area (Å²) in [5.74, 6) is 0.0994. The molecule has 0 amide bonds. The van der Waals surface area contributed by atoms with Crippen molar-refractivity contribution in [2.45, 2.75) is 11.5 Å². The number of carbonyl (C=O) groups excluding carboxylic acids is 1. The van der Waals surface area contributed by atoms with Gasteiger partial charge in [-0.2, -0.15) is 4.31 Å². The van der Waals surface area contributed by atoms with Gasteiger partial charge in [-0.3, -0.25) is 0 Å². The average Bonchev–Trinajstić information content (AvgIpc) is 2.73. The van der Waals surface area contributed by atoms with E-state index in [-0.39, 0.29) is 11.5 Å². The number of sulfonamides is 1. The highest BCUT2D eigenvalue weighted by Crippen LogP contribution is 2.27. The predicted octanol–water partition coefficient (Wildman–Crippen LogP) is 2.84. The SMILES string of the molecule is COC(=O)c1ccc(OCc2cccc(S(=O)(=O)N3CCOCC3)c2)c(Br)c1. The molecule has 1 fully saturated rings. The molecule has 3 rings (SSSR count). The van der Waals surface area contributed by atoms with E-state index in [4.69, 9.17) is 9.47 Å². The van der Waals surface area contributed by atoms with E-state index in [1.54, 1.807) is 42.5 Å².